The van der Waals surface area contributed by atoms with Crippen LogP contribution in [0.5, 0.6) is 5.75 Å². The van der Waals surface area contributed by atoms with Crippen LogP contribution in [0.3, 0.4) is 0 Å². The molecule has 0 bridgehead atoms. The number of aromatic nitrogens is 1. The molecular formula is C13H14N2O3S. The van der Waals surface area contributed by atoms with Crippen molar-refractivity contribution in [2.45, 2.75) is 6.92 Å². The lowest BCUT2D eigenvalue weighted by molar-refractivity contribution is 0.102. The molecule has 0 aliphatic carbocycles. The van der Waals surface area contributed by atoms with Gasteiger partial charge in [0.25, 0.3) is 5.91 Å². The molecule has 0 spiro atoms. The minimum atomic E-state index is -0.301. The Labute approximate surface area is 114 Å². The summed E-state index contributed by atoms with van der Waals surface area (Å²) in [6.45, 7) is 1.75. The number of carbonyl (C=O) groups is 1. The van der Waals surface area contributed by atoms with E-state index >= 15 is 0 Å². The zero-order chi connectivity index (χ0) is 14.0. The molecule has 2 aromatic rings. The smallest absolute Gasteiger partial charge is 0.307 e. The number of para-hydroxylation sites is 2. The highest BCUT2D eigenvalue weighted by molar-refractivity contribution is 7.11. The predicted octanol–water partition coefficient (Wildman–Crippen LogP) is 2.02. The van der Waals surface area contributed by atoms with Gasteiger partial charge in [-0.05, 0) is 19.1 Å². The third-order valence-electron chi connectivity index (χ3n) is 2.86. The molecule has 19 heavy (non-hydrogen) atoms. The highest BCUT2D eigenvalue weighted by atomic mass is 32.1. The Morgan fingerprint density at radius 2 is 2.05 bits per heavy atom. The van der Waals surface area contributed by atoms with Crippen LogP contribution in [0.15, 0.2) is 29.1 Å². The summed E-state index contributed by atoms with van der Waals surface area (Å²) in [5.41, 5.74) is 1.24. The Morgan fingerprint density at radius 3 is 2.63 bits per heavy atom. The lowest BCUT2D eigenvalue weighted by Crippen LogP contribution is -2.13. The summed E-state index contributed by atoms with van der Waals surface area (Å²) in [6, 6.07) is 7.13. The van der Waals surface area contributed by atoms with E-state index in [2.05, 4.69) is 5.32 Å². The monoisotopic (exact) mass is 278 g/mol. The van der Waals surface area contributed by atoms with Gasteiger partial charge >= 0.3 is 4.87 Å². The van der Waals surface area contributed by atoms with Crippen LogP contribution < -0.4 is 14.9 Å². The molecule has 1 N–H and O–H groups in total. The summed E-state index contributed by atoms with van der Waals surface area (Å²) >= 11 is 0.936. The van der Waals surface area contributed by atoms with Crippen LogP contribution in [-0.2, 0) is 7.05 Å². The quantitative estimate of drug-likeness (QED) is 0.934. The standard InChI is InChI=1S/C13H14N2O3S/c1-8-11(19-13(17)15(8)2)12(16)14-9-6-4-5-7-10(9)18-3/h4-7H,1-3H3,(H,14,16). The van der Waals surface area contributed by atoms with Crippen LogP contribution in [0.1, 0.15) is 15.4 Å². The van der Waals surface area contributed by atoms with Crippen molar-refractivity contribution in [2.75, 3.05) is 12.4 Å². The van der Waals surface area contributed by atoms with Gasteiger partial charge in [0.2, 0.25) is 0 Å². The minimum absolute atomic E-state index is 0.150. The van der Waals surface area contributed by atoms with Gasteiger partial charge in [0, 0.05) is 12.7 Å². The summed E-state index contributed by atoms with van der Waals surface area (Å²) in [4.78, 5) is 23.9. The van der Waals surface area contributed by atoms with Gasteiger partial charge < -0.3 is 14.6 Å². The zero-order valence-corrected chi connectivity index (χ0v) is 11.7. The SMILES string of the molecule is COc1ccccc1NC(=O)c1sc(=O)n(C)c1C. The Balaban J connectivity index is 2.31. The number of hydrogen-bond donors (Lipinski definition) is 1. The molecule has 1 heterocycles. The molecule has 0 saturated carbocycles. The fourth-order valence-corrected chi connectivity index (χ4v) is 2.53. The number of benzene rings is 1. The summed E-state index contributed by atoms with van der Waals surface area (Å²) < 4.78 is 6.62. The van der Waals surface area contributed by atoms with Gasteiger partial charge in [-0.2, -0.15) is 0 Å². The lowest BCUT2D eigenvalue weighted by atomic mass is 10.2. The Morgan fingerprint density at radius 1 is 1.37 bits per heavy atom. The first-order valence-corrected chi connectivity index (χ1v) is 6.47. The van der Waals surface area contributed by atoms with Crippen molar-refractivity contribution in [2.24, 2.45) is 7.05 Å². The fraction of sp³-hybridized carbons (Fsp3) is 0.231. The van der Waals surface area contributed by atoms with Crippen LogP contribution in [0.2, 0.25) is 0 Å². The molecule has 5 nitrogen and oxygen atoms in total. The maximum Gasteiger partial charge on any atom is 0.307 e. The lowest BCUT2D eigenvalue weighted by Gasteiger charge is -2.09. The molecule has 0 atom stereocenters. The minimum Gasteiger partial charge on any atom is -0.495 e. The number of hydrogen-bond acceptors (Lipinski definition) is 4. The van der Waals surface area contributed by atoms with E-state index in [9.17, 15) is 9.59 Å². The Kier molecular flexibility index (Phi) is 3.71. The van der Waals surface area contributed by atoms with E-state index < -0.39 is 0 Å². The Bertz CT molecular complexity index is 673. The van der Waals surface area contributed by atoms with E-state index in [0.717, 1.165) is 11.3 Å². The number of nitrogens with zero attached hydrogens (tertiary/aromatic N) is 1. The molecule has 0 saturated heterocycles. The number of rotatable bonds is 3. The van der Waals surface area contributed by atoms with Gasteiger partial charge in [-0.1, -0.05) is 23.5 Å². The third-order valence-corrected chi connectivity index (χ3v) is 3.99. The molecule has 0 aliphatic heterocycles. The second kappa shape index (κ2) is 5.27. The maximum atomic E-state index is 12.2. The average Bonchev–Trinajstić information content (AvgIpc) is 2.67. The fourth-order valence-electron chi connectivity index (χ4n) is 1.66. The van der Waals surface area contributed by atoms with Crippen LogP contribution in [0.4, 0.5) is 5.69 Å². The van der Waals surface area contributed by atoms with Crippen molar-refractivity contribution in [1.29, 1.82) is 0 Å². The second-order valence-corrected chi connectivity index (χ2v) is 4.96. The molecule has 0 fully saturated rings. The van der Waals surface area contributed by atoms with Crippen molar-refractivity contribution in [3.05, 3.63) is 44.5 Å². The van der Waals surface area contributed by atoms with E-state index in [1.165, 1.54) is 11.7 Å². The van der Waals surface area contributed by atoms with Gasteiger partial charge in [-0.15, -0.1) is 0 Å². The molecule has 1 aromatic heterocycles. The van der Waals surface area contributed by atoms with E-state index in [1.807, 2.05) is 6.07 Å². The van der Waals surface area contributed by atoms with Gasteiger partial charge in [-0.25, -0.2) is 0 Å². The first-order valence-electron chi connectivity index (χ1n) is 5.65. The molecule has 0 aliphatic rings. The van der Waals surface area contributed by atoms with Crippen molar-refractivity contribution in [3.63, 3.8) is 0 Å². The van der Waals surface area contributed by atoms with Crippen molar-refractivity contribution >= 4 is 22.9 Å². The van der Waals surface area contributed by atoms with Crippen LogP contribution in [0.25, 0.3) is 0 Å². The van der Waals surface area contributed by atoms with Gasteiger partial charge in [0.05, 0.1) is 12.8 Å². The van der Waals surface area contributed by atoms with Crippen LogP contribution in [-0.4, -0.2) is 17.6 Å². The number of carbonyl (C=O) groups excluding carboxylic acids is 1. The number of amides is 1. The van der Waals surface area contributed by atoms with Crippen molar-refractivity contribution in [1.82, 2.24) is 4.57 Å². The highest BCUT2D eigenvalue weighted by Crippen LogP contribution is 2.24. The molecule has 6 heteroatoms. The molecule has 100 valence electrons. The molecule has 0 radical (unpaired) electrons. The van der Waals surface area contributed by atoms with Crippen molar-refractivity contribution < 1.29 is 9.53 Å². The molecular weight excluding hydrogens is 264 g/mol. The molecule has 0 unspecified atom stereocenters. The summed E-state index contributed by atoms with van der Waals surface area (Å²) in [5, 5.41) is 2.75. The average molecular weight is 278 g/mol. The van der Waals surface area contributed by atoms with Crippen LogP contribution >= 0.6 is 11.3 Å². The second-order valence-electron chi connectivity index (χ2n) is 4.00. The number of thiazole rings is 1. The molecule has 1 amide bonds. The van der Waals surface area contributed by atoms with E-state index in [0.29, 0.717) is 22.0 Å². The predicted molar refractivity (Wildman–Crippen MR) is 75.2 cm³/mol. The zero-order valence-electron chi connectivity index (χ0n) is 10.9. The first-order chi connectivity index (χ1) is 9.04. The van der Waals surface area contributed by atoms with E-state index in [4.69, 9.17) is 4.74 Å². The number of anilines is 1. The van der Waals surface area contributed by atoms with E-state index in [-0.39, 0.29) is 10.8 Å². The Hall–Kier alpha value is -2.08. The molecule has 2 rings (SSSR count). The number of ether oxygens (including phenoxy) is 1. The summed E-state index contributed by atoms with van der Waals surface area (Å²) in [5.74, 6) is 0.279. The summed E-state index contributed by atoms with van der Waals surface area (Å²) in [7, 11) is 3.19. The third kappa shape index (κ3) is 2.53. The number of methoxy groups -OCH3 is 1. The summed E-state index contributed by atoms with van der Waals surface area (Å²) in [6.07, 6.45) is 0. The first kappa shape index (κ1) is 13.4. The van der Waals surface area contributed by atoms with Gasteiger partial charge in [0.15, 0.2) is 0 Å². The number of nitrogens with one attached hydrogen (secondary N) is 1. The van der Waals surface area contributed by atoms with Gasteiger partial charge in [0.1, 0.15) is 10.6 Å². The van der Waals surface area contributed by atoms with Crippen LogP contribution in [0, 0.1) is 6.92 Å². The normalized spacial score (nSPS) is 10.3. The maximum absolute atomic E-state index is 12.2. The van der Waals surface area contributed by atoms with E-state index in [1.54, 1.807) is 32.2 Å². The topological polar surface area (TPSA) is 60.3 Å². The highest BCUT2D eigenvalue weighted by Gasteiger charge is 2.17. The van der Waals surface area contributed by atoms with Gasteiger partial charge in [-0.3, -0.25) is 9.59 Å². The largest absolute Gasteiger partial charge is 0.495 e. The molecule has 1 aromatic carbocycles. The van der Waals surface area contributed by atoms with Crippen molar-refractivity contribution in [3.8, 4) is 5.75 Å².